The molecule has 0 heterocycles. The highest BCUT2D eigenvalue weighted by Crippen LogP contribution is 2.24. The first kappa shape index (κ1) is 41.1. The molecule has 3 heteroatoms. The molecule has 230 valence electrons. The zero-order valence-corrected chi connectivity index (χ0v) is 27.4. The van der Waals surface area contributed by atoms with Gasteiger partial charge in [-0.15, -0.1) is 12.8 Å². The lowest BCUT2D eigenvalue weighted by Gasteiger charge is -2.05. The summed E-state index contributed by atoms with van der Waals surface area (Å²) in [6.07, 6.45) is 14.7. The van der Waals surface area contributed by atoms with E-state index < -0.39 is 0 Å². The fourth-order valence-corrected chi connectivity index (χ4v) is 2.17. The van der Waals surface area contributed by atoms with Crippen LogP contribution in [-0.2, 0) is 6.61 Å². The first-order valence-corrected chi connectivity index (χ1v) is 13.8. The Balaban J connectivity index is 2.61. The molecule has 0 aliphatic carbocycles. The number of aliphatic hydroxyl groups is 1. The van der Waals surface area contributed by atoms with Gasteiger partial charge in [-0.1, -0.05) is 0 Å². The van der Waals surface area contributed by atoms with Crippen molar-refractivity contribution < 1.29 is 14.6 Å². The molecule has 1 aromatic carbocycles. The molecule has 54 heavy (non-hydrogen) atoms. The fraction of sp³-hybridized carbons (Fsp3) is 0.0196. The van der Waals surface area contributed by atoms with Crippen molar-refractivity contribution in [1.29, 1.82) is 0 Å². The number of ether oxygens (including phenoxy) is 2. The van der Waals surface area contributed by atoms with Crippen LogP contribution in [0.3, 0.4) is 0 Å². The van der Waals surface area contributed by atoms with E-state index in [9.17, 15) is 5.11 Å². The van der Waals surface area contributed by atoms with E-state index >= 15 is 0 Å². The summed E-state index contributed by atoms with van der Waals surface area (Å²) in [5.74, 6) is 98.7. The summed E-state index contributed by atoms with van der Waals surface area (Å²) in [6.45, 7) is -0.297. The average Bonchev–Trinajstić information content (AvgIpc) is 3.19. The quantitative estimate of drug-likeness (QED) is 0.493. The highest BCUT2D eigenvalue weighted by Gasteiger charge is 2.04. The zero-order valence-electron chi connectivity index (χ0n) is 27.4. The minimum absolute atomic E-state index is 0.247. The Labute approximate surface area is 317 Å². The van der Waals surface area contributed by atoms with Gasteiger partial charge < -0.3 is 14.6 Å². The third-order valence-corrected chi connectivity index (χ3v) is 4.04. The van der Waals surface area contributed by atoms with E-state index in [0.29, 0.717) is 11.3 Å². The van der Waals surface area contributed by atoms with Gasteiger partial charge in [0, 0.05) is 154 Å². The Morgan fingerprint density at radius 2 is 0.611 bits per heavy atom. The summed E-state index contributed by atoms with van der Waals surface area (Å²) in [6, 6.07) is 4.67. The molecule has 0 atom stereocenters. The summed E-state index contributed by atoms with van der Waals surface area (Å²) < 4.78 is 10.7. The molecule has 0 bridgehead atoms. The summed E-state index contributed by atoms with van der Waals surface area (Å²) in [5.41, 5.74) is 0.463. The van der Waals surface area contributed by atoms with Crippen molar-refractivity contribution in [2.75, 3.05) is 0 Å². The second kappa shape index (κ2) is 33.5. The molecule has 1 aromatic rings. The van der Waals surface area contributed by atoms with Gasteiger partial charge in [0.25, 0.3) is 0 Å². The van der Waals surface area contributed by atoms with Crippen LogP contribution in [0.2, 0.25) is 0 Å². The van der Waals surface area contributed by atoms with Gasteiger partial charge in [0.05, 0.1) is 6.61 Å². The maximum Gasteiger partial charge on any atom is 0.149 e. The van der Waals surface area contributed by atoms with E-state index in [1.54, 1.807) is 12.1 Å². The fourth-order valence-electron chi connectivity index (χ4n) is 2.17. The van der Waals surface area contributed by atoms with E-state index in [0.717, 1.165) is 0 Å². The Bertz CT molecular complexity index is 3110. The number of terminal acetylenes is 2. The van der Waals surface area contributed by atoms with Gasteiger partial charge in [-0.3, -0.25) is 0 Å². The normalized spacial score (nSPS) is 5.17. The lowest BCUT2D eigenvalue weighted by Crippen LogP contribution is -1.93. The number of hydrogen-bond donors (Lipinski definition) is 1. The minimum atomic E-state index is -0.297. The predicted octanol–water partition coefficient (Wildman–Crippen LogP) is 1.19. The van der Waals surface area contributed by atoms with E-state index in [4.69, 9.17) is 22.3 Å². The van der Waals surface area contributed by atoms with Crippen LogP contribution in [0.25, 0.3) is 0 Å². The molecule has 0 aromatic heterocycles. The first-order valence-electron chi connectivity index (χ1n) is 13.8. The molecule has 0 aliphatic rings. The molecular formula is C51H8O3. The number of benzene rings is 1. The molecule has 0 unspecified atom stereocenters. The van der Waals surface area contributed by atoms with Crippen molar-refractivity contribution in [3.63, 3.8) is 0 Å². The van der Waals surface area contributed by atoms with Crippen molar-refractivity contribution in [3.05, 3.63) is 23.8 Å². The standard InChI is InChI=1S/C51H8O3/c1-3-5-7-9-11-13-15-17-19-21-23-25-27-29-31-33-35-37-39-41-45-53-50-44-43-49(48-52)51(47-50)54-46-42-40-38-36-34-32-30-28-26-24-22-20-18-16-14-12-10-8-6-4-2/h1-2,43-44,47,52H,48H2. The molecule has 0 fully saturated rings. The summed E-state index contributed by atoms with van der Waals surface area (Å²) in [7, 11) is 0. The third-order valence-electron chi connectivity index (χ3n) is 4.04. The van der Waals surface area contributed by atoms with Gasteiger partial charge in [-0.25, -0.2) is 0 Å². The molecule has 0 amide bonds. The second-order valence-electron chi connectivity index (χ2n) is 7.37. The molecule has 1 rings (SSSR count). The molecule has 0 saturated carbocycles. The second-order valence-corrected chi connectivity index (χ2v) is 7.37. The summed E-state index contributed by atoms with van der Waals surface area (Å²) >= 11 is 0. The maximum atomic E-state index is 9.57. The Hall–Kier alpha value is -10.9. The molecule has 0 aliphatic heterocycles. The topological polar surface area (TPSA) is 38.7 Å². The lowest BCUT2D eigenvalue weighted by molar-refractivity contribution is 0.277. The van der Waals surface area contributed by atoms with Crippen LogP contribution in [0.15, 0.2) is 18.2 Å². The third kappa shape index (κ3) is 26.3. The molecule has 0 spiro atoms. The molecule has 0 saturated heterocycles. The van der Waals surface area contributed by atoms with Gasteiger partial charge in [0.15, 0.2) is 0 Å². The number of aliphatic hydroxyl groups excluding tert-OH is 1. The van der Waals surface area contributed by atoms with Crippen molar-refractivity contribution in [2.45, 2.75) is 6.61 Å². The van der Waals surface area contributed by atoms with Crippen molar-refractivity contribution in [3.8, 4) is 273 Å². The van der Waals surface area contributed by atoms with Crippen LogP contribution in [0.1, 0.15) is 5.56 Å². The van der Waals surface area contributed by atoms with Crippen LogP contribution in [0.5, 0.6) is 11.5 Å². The minimum Gasteiger partial charge on any atom is -0.407 e. The highest BCUT2D eigenvalue weighted by molar-refractivity contribution is 5.50. The monoisotopic (exact) mass is 668 g/mol. The van der Waals surface area contributed by atoms with Crippen LogP contribution in [-0.4, -0.2) is 5.11 Å². The lowest BCUT2D eigenvalue weighted by atomic mass is 10.2. The Kier molecular flexibility index (Phi) is 25.5. The number of rotatable bonds is 3. The molecule has 0 radical (unpaired) electrons. The number of hydrogen-bond acceptors (Lipinski definition) is 3. The van der Waals surface area contributed by atoms with Crippen LogP contribution >= 0.6 is 0 Å². The van der Waals surface area contributed by atoms with Gasteiger partial charge in [0.2, 0.25) is 0 Å². The average molecular weight is 669 g/mol. The van der Waals surface area contributed by atoms with Gasteiger partial charge in [0.1, 0.15) is 23.7 Å². The SMILES string of the molecule is C#CC#CC#CC#CC#CC#CC#CC#CC#CC#CC#COc1ccc(CO)c(OC#CC#CC#CC#CC#CC#CC#CC#CC#CC#CC#C)c1. The first-order chi connectivity index (χ1) is 26.8. The molecule has 1 N–H and O–H groups in total. The Morgan fingerprint density at radius 1 is 0.352 bits per heavy atom. The Morgan fingerprint density at radius 3 is 0.889 bits per heavy atom. The molecule has 3 nitrogen and oxygen atoms in total. The van der Waals surface area contributed by atoms with Gasteiger partial charge in [-0.05, 0) is 107 Å². The predicted molar refractivity (Wildman–Crippen MR) is 207 cm³/mol. The van der Waals surface area contributed by atoms with Crippen molar-refractivity contribution in [1.82, 2.24) is 0 Å². The summed E-state index contributed by atoms with van der Waals surface area (Å²) in [5, 5.41) is 9.57. The van der Waals surface area contributed by atoms with Crippen LogP contribution in [0, 0.1) is 262 Å². The van der Waals surface area contributed by atoms with E-state index in [1.165, 1.54) is 6.07 Å². The van der Waals surface area contributed by atoms with Gasteiger partial charge >= 0.3 is 0 Å². The van der Waals surface area contributed by atoms with E-state index in [2.05, 4.69) is 249 Å². The van der Waals surface area contributed by atoms with E-state index in [-0.39, 0.29) is 12.4 Å². The van der Waals surface area contributed by atoms with Crippen molar-refractivity contribution in [2.24, 2.45) is 0 Å². The smallest absolute Gasteiger partial charge is 0.149 e. The largest absolute Gasteiger partial charge is 0.407 e. The maximum absolute atomic E-state index is 9.57. The van der Waals surface area contributed by atoms with Crippen molar-refractivity contribution >= 4 is 0 Å². The van der Waals surface area contributed by atoms with Gasteiger partial charge in [-0.2, -0.15) is 0 Å². The highest BCUT2D eigenvalue weighted by atomic mass is 16.5. The van der Waals surface area contributed by atoms with E-state index in [1.807, 2.05) is 0 Å². The zero-order chi connectivity index (χ0) is 38.7. The molecular weight excluding hydrogens is 661 g/mol. The van der Waals surface area contributed by atoms with Crippen LogP contribution in [0.4, 0.5) is 0 Å². The summed E-state index contributed by atoms with van der Waals surface area (Å²) in [4.78, 5) is 0. The van der Waals surface area contributed by atoms with Crippen LogP contribution < -0.4 is 9.47 Å².